The number of hydrogen-bond donors (Lipinski definition) is 2. The number of rotatable bonds is 8. The molecule has 0 aliphatic heterocycles. The molecule has 1 rings (SSSR count). The van der Waals surface area contributed by atoms with Crippen LogP contribution in [-0.2, 0) is 23.8 Å². The quantitative estimate of drug-likeness (QED) is 0.594. The summed E-state index contributed by atoms with van der Waals surface area (Å²) in [5.74, 6) is -0.708. The van der Waals surface area contributed by atoms with Crippen LogP contribution in [0.25, 0.3) is 0 Å². The first-order chi connectivity index (χ1) is 13.5. The van der Waals surface area contributed by atoms with Crippen molar-refractivity contribution in [2.45, 2.75) is 97.6 Å². The summed E-state index contributed by atoms with van der Waals surface area (Å²) in [6.45, 7) is 12.7. The van der Waals surface area contributed by atoms with Crippen molar-refractivity contribution < 1.29 is 28.6 Å². The summed E-state index contributed by atoms with van der Waals surface area (Å²) in [7, 11) is 0. The molecule has 0 radical (unpaired) electrons. The number of hydrogen-bond acceptors (Lipinski definition) is 6. The van der Waals surface area contributed by atoms with Crippen molar-refractivity contribution in [3.05, 3.63) is 11.6 Å². The van der Waals surface area contributed by atoms with E-state index in [4.69, 9.17) is 14.2 Å². The molecule has 1 aliphatic rings. The molecule has 2 amide bonds. The van der Waals surface area contributed by atoms with Crippen LogP contribution in [0.1, 0.15) is 67.7 Å². The molecule has 0 bridgehead atoms. The highest BCUT2D eigenvalue weighted by atomic mass is 16.6. The Bertz CT molecular complexity index is 607. The fourth-order valence-electron chi connectivity index (χ4n) is 3.18. The Kier molecular flexibility index (Phi) is 9.62. The second-order valence-electron chi connectivity index (χ2n) is 8.13. The molecule has 8 heteroatoms. The molecular weight excluding hydrogens is 376 g/mol. The Labute approximate surface area is 173 Å². The summed E-state index contributed by atoms with van der Waals surface area (Å²) >= 11 is 0. The van der Waals surface area contributed by atoms with Crippen LogP contribution in [0, 0.1) is 0 Å². The average molecular weight is 413 g/mol. The number of ether oxygens (including phenoxy) is 3. The molecule has 0 fully saturated rings. The molecule has 0 saturated carbocycles. The number of carbonyl (C=O) groups is 3. The van der Waals surface area contributed by atoms with E-state index in [2.05, 4.69) is 10.6 Å². The van der Waals surface area contributed by atoms with Crippen LogP contribution in [0.4, 0.5) is 4.79 Å². The number of nitrogens with one attached hydrogen (secondary N) is 2. The van der Waals surface area contributed by atoms with Gasteiger partial charge >= 0.3 is 12.1 Å². The van der Waals surface area contributed by atoms with Crippen molar-refractivity contribution in [2.24, 2.45) is 0 Å². The maximum Gasteiger partial charge on any atom is 0.407 e. The fraction of sp³-hybridized carbons (Fsp3) is 0.762. The van der Waals surface area contributed by atoms with Gasteiger partial charge in [0.2, 0.25) is 5.91 Å². The normalized spacial score (nSPS) is 21.9. The number of amides is 2. The van der Waals surface area contributed by atoms with Gasteiger partial charge < -0.3 is 24.8 Å². The molecule has 0 spiro atoms. The molecule has 29 heavy (non-hydrogen) atoms. The first-order valence-corrected chi connectivity index (χ1v) is 10.3. The lowest BCUT2D eigenvalue weighted by molar-refractivity contribution is -0.139. The molecule has 0 aromatic carbocycles. The monoisotopic (exact) mass is 412 g/mol. The minimum atomic E-state index is -0.673. The average Bonchev–Trinajstić information content (AvgIpc) is 2.59. The smallest absolute Gasteiger partial charge is 0.407 e. The summed E-state index contributed by atoms with van der Waals surface area (Å²) < 4.78 is 16.7. The molecule has 0 aromatic rings. The van der Waals surface area contributed by atoms with E-state index in [1.54, 1.807) is 33.8 Å². The second-order valence-corrected chi connectivity index (χ2v) is 8.13. The van der Waals surface area contributed by atoms with E-state index in [-0.39, 0.29) is 25.0 Å². The van der Waals surface area contributed by atoms with Gasteiger partial charge in [-0.25, -0.2) is 9.59 Å². The van der Waals surface area contributed by atoms with Crippen LogP contribution in [-0.4, -0.2) is 54.5 Å². The van der Waals surface area contributed by atoms with E-state index in [0.29, 0.717) is 5.57 Å². The molecular formula is C21H36N2O6. The summed E-state index contributed by atoms with van der Waals surface area (Å²) in [5, 5.41) is 5.66. The van der Waals surface area contributed by atoms with Crippen molar-refractivity contribution in [1.82, 2.24) is 10.6 Å². The fourth-order valence-corrected chi connectivity index (χ4v) is 3.18. The van der Waals surface area contributed by atoms with Crippen molar-refractivity contribution in [2.75, 3.05) is 6.61 Å². The van der Waals surface area contributed by atoms with Gasteiger partial charge in [0.25, 0.3) is 0 Å². The third-order valence-electron chi connectivity index (χ3n) is 4.46. The van der Waals surface area contributed by atoms with Gasteiger partial charge in [-0.2, -0.15) is 0 Å². The lowest BCUT2D eigenvalue weighted by Gasteiger charge is -2.38. The standard InChI is InChI=1S/C21H36N2O6/c1-8-15(9-2)28-17-12-14(19(25)27-10-3)11-16(18(17)22-13(4)24)23-20(26)29-21(5,6)7/h12,15-18H,8-11H2,1-7H3,(H,22,24)(H,23,26). The van der Waals surface area contributed by atoms with Crippen molar-refractivity contribution in [3.8, 4) is 0 Å². The third kappa shape index (κ3) is 8.43. The highest BCUT2D eigenvalue weighted by Gasteiger charge is 2.39. The number of carbonyl (C=O) groups excluding carboxylic acids is 3. The van der Waals surface area contributed by atoms with Crippen LogP contribution in [0.15, 0.2) is 11.6 Å². The van der Waals surface area contributed by atoms with Crippen LogP contribution >= 0.6 is 0 Å². The highest BCUT2D eigenvalue weighted by Crippen LogP contribution is 2.25. The zero-order valence-electron chi connectivity index (χ0n) is 18.7. The topological polar surface area (TPSA) is 103 Å². The molecule has 0 heterocycles. The van der Waals surface area contributed by atoms with Crippen LogP contribution in [0.3, 0.4) is 0 Å². The Morgan fingerprint density at radius 2 is 1.76 bits per heavy atom. The van der Waals surface area contributed by atoms with E-state index in [0.717, 1.165) is 12.8 Å². The van der Waals surface area contributed by atoms with Gasteiger partial charge in [-0.05, 0) is 46.6 Å². The van der Waals surface area contributed by atoms with Crippen molar-refractivity contribution in [3.63, 3.8) is 0 Å². The molecule has 0 saturated heterocycles. The molecule has 8 nitrogen and oxygen atoms in total. The van der Waals surface area contributed by atoms with E-state index < -0.39 is 35.9 Å². The largest absolute Gasteiger partial charge is 0.463 e. The summed E-state index contributed by atoms with van der Waals surface area (Å²) in [5.41, 5.74) is -0.265. The summed E-state index contributed by atoms with van der Waals surface area (Å²) in [6.07, 6.45) is 2.21. The molecule has 3 atom stereocenters. The maximum atomic E-state index is 12.4. The second kappa shape index (κ2) is 11.2. The minimum absolute atomic E-state index is 0.0452. The molecule has 1 aliphatic carbocycles. The van der Waals surface area contributed by atoms with Crippen LogP contribution in [0.5, 0.6) is 0 Å². The summed E-state index contributed by atoms with van der Waals surface area (Å²) in [6, 6.07) is -1.13. The van der Waals surface area contributed by atoms with E-state index in [1.807, 2.05) is 13.8 Å². The van der Waals surface area contributed by atoms with Gasteiger partial charge in [0, 0.05) is 18.9 Å². The van der Waals surface area contributed by atoms with Crippen LogP contribution in [0.2, 0.25) is 0 Å². The first kappa shape index (κ1) is 24.9. The zero-order chi connectivity index (χ0) is 22.2. The number of esters is 1. The maximum absolute atomic E-state index is 12.4. The predicted molar refractivity (Wildman–Crippen MR) is 109 cm³/mol. The molecule has 2 N–H and O–H groups in total. The molecule has 166 valence electrons. The Balaban J connectivity index is 3.20. The van der Waals surface area contributed by atoms with Gasteiger partial charge in [0.05, 0.1) is 30.9 Å². The van der Waals surface area contributed by atoms with Gasteiger partial charge in [-0.15, -0.1) is 0 Å². The van der Waals surface area contributed by atoms with Crippen molar-refractivity contribution in [1.29, 1.82) is 0 Å². The SMILES string of the molecule is CCOC(=O)C1=CC(OC(CC)CC)C(NC(C)=O)C(NC(=O)OC(C)(C)C)C1. The Morgan fingerprint density at radius 1 is 1.14 bits per heavy atom. The highest BCUT2D eigenvalue weighted by molar-refractivity contribution is 5.89. The Morgan fingerprint density at radius 3 is 2.24 bits per heavy atom. The third-order valence-corrected chi connectivity index (χ3v) is 4.46. The van der Waals surface area contributed by atoms with Gasteiger partial charge in [0.15, 0.2) is 0 Å². The molecule has 0 aromatic heterocycles. The van der Waals surface area contributed by atoms with Gasteiger partial charge in [0.1, 0.15) is 5.60 Å². The van der Waals surface area contributed by atoms with E-state index in [9.17, 15) is 14.4 Å². The van der Waals surface area contributed by atoms with Crippen LogP contribution < -0.4 is 10.6 Å². The Hall–Kier alpha value is -2.09. The van der Waals surface area contributed by atoms with Gasteiger partial charge in [-0.1, -0.05) is 13.8 Å². The van der Waals surface area contributed by atoms with Crippen molar-refractivity contribution >= 4 is 18.0 Å². The lowest BCUT2D eigenvalue weighted by Crippen LogP contribution is -2.60. The predicted octanol–water partition coefficient (Wildman–Crippen LogP) is 2.85. The van der Waals surface area contributed by atoms with E-state index >= 15 is 0 Å². The van der Waals surface area contributed by atoms with Gasteiger partial charge in [-0.3, -0.25) is 4.79 Å². The zero-order valence-corrected chi connectivity index (χ0v) is 18.7. The molecule has 3 unspecified atom stereocenters. The minimum Gasteiger partial charge on any atom is -0.463 e. The number of alkyl carbamates (subject to hydrolysis) is 1. The van der Waals surface area contributed by atoms with E-state index in [1.165, 1.54) is 6.92 Å². The summed E-state index contributed by atoms with van der Waals surface area (Å²) in [4.78, 5) is 36.6. The first-order valence-electron chi connectivity index (χ1n) is 10.3. The lowest BCUT2D eigenvalue weighted by atomic mass is 9.87.